The van der Waals surface area contributed by atoms with Crippen LogP contribution in [-0.4, -0.2) is 54.6 Å². The van der Waals surface area contributed by atoms with Crippen molar-refractivity contribution in [2.75, 3.05) is 32.7 Å². The van der Waals surface area contributed by atoms with Crippen LogP contribution in [0.4, 0.5) is 0 Å². The standard InChI is InChI=1S/C15H31N3/c1-2-6-14(16)7-11-17-12-8-15(13-17)18-9-4-3-5-10-18/h14-15H,2-13,16H2,1H3. The molecule has 2 fully saturated rings. The topological polar surface area (TPSA) is 32.5 Å². The van der Waals surface area contributed by atoms with Gasteiger partial charge in [-0.1, -0.05) is 19.8 Å². The predicted octanol–water partition coefficient (Wildman–Crippen LogP) is 2.06. The Morgan fingerprint density at radius 1 is 1.11 bits per heavy atom. The van der Waals surface area contributed by atoms with Crippen LogP contribution in [0.15, 0.2) is 0 Å². The molecule has 2 saturated heterocycles. The van der Waals surface area contributed by atoms with Gasteiger partial charge in [-0.05, 0) is 58.3 Å². The first-order valence-corrected chi connectivity index (χ1v) is 8.01. The van der Waals surface area contributed by atoms with Gasteiger partial charge in [0.2, 0.25) is 0 Å². The van der Waals surface area contributed by atoms with E-state index in [0.29, 0.717) is 6.04 Å². The minimum atomic E-state index is 0.420. The molecule has 3 heteroatoms. The second kappa shape index (κ2) is 7.46. The fraction of sp³-hybridized carbons (Fsp3) is 1.00. The second-order valence-electron chi connectivity index (χ2n) is 6.18. The number of piperidine rings is 1. The van der Waals surface area contributed by atoms with E-state index in [9.17, 15) is 0 Å². The Labute approximate surface area is 113 Å². The summed E-state index contributed by atoms with van der Waals surface area (Å²) < 4.78 is 0. The van der Waals surface area contributed by atoms with Gasteiger partial charge in [0.1, 0.15) is 0 Å². The molecule has 0 amide bonds. The number of rotatable bonds is 6. The minimum absolute atomic E-state index is 0.420. The molecule has 0 aromatic heterocycles. The molecule has 2 N–H and O–H groups in total. The zero-order valence-electron chi connectivity index (χ0n) is 12.1. The van der Waals surface area contributed by atoms with E-state index in [4.69, 9.17) is 5.73 Å². The lowest BCUT2D eigenvalue weighted by atomic mass is 10.1. The molecule has 18 heavy (non-hydrogen) atoms. The highest BCUT2D eigenvalue weighted by Crippen LogP contribution is 2.20. The lowest BCUT2D eigenvalue weighted by Gasteiger charge is -2.32. The van der Waals surface area contributed by atoms with E-state index in [0.717, 1.165) is 6.04 Å². The van der Waals surface area contributed by atoms with Gasteiger partial charge < -0.3 is 10.6 Å². The van der Waals surface area contributed by atoms with Gasteiger partial charge in [0.05, 0.1) is 0 Å². The molecular weight excluding hydrogens is 222 g/mol. The van der Waals surface area contributed by atoms with Crippen LogP contribution >= 0.6 is 0 Å². The van der Waals surface area contributed by atoms with Gasteiger partial charge in [-0.15, -0.1) is 0 Å². The summed E-state index contributed by atoms with van der Waals surface area (Å²) in [7, 11) is 0. The van der Waals surface area contributed by atoms with Crippen molar-refractivity contribution in [3.05, 3.63) is 0 Å². The molecule has 3 nitrogen and oxygen atoms in total. The summed E-state index contributed by atoms with van der Waals surface area (Å²) in [4.78, 5) is 5.37. The Morgan fingerprint density at radius 3 is 2.61 bits per heavy atom. The lowest BCUT2D eigenvalue weighted by Crippen LogP contribution is -2.41. The molecule has 0 saturated carbocycles. The molecule has 0 aromatic carbocycles. The van der Waals surface area contributed by atoms with Crippen molar-refractivity contribution in [1.82, 2.24) is 9.80 Å². The number of nitrogens with zero attached hydrogens (tertiary/aromatic N) is 2. The van der Waals surface area contributed by atoms with Crippen molar-refractivity contribution >= 4 is 0 Å². The van der Waals surface area contributed by atoms with Gasteiger partial charge in [0.25, 0.3) is 0 Å². The summed E-state index contributed by atoms with van der Waals surface area (Å²) >= 11 is 0. The van der Waals surface area contributed by atoms with Crippen LogP contribution in [0, 0.1) is 0 Å². The van der Waals surface area contributed by atoms with Crippen LogP contribution < -0.4 is 5.73 Å². The zero-order chi connectivity index (χ0) is 12.8. The Balaban J connectivity index is 1.64. The van der Waals surface area contributed by atoms with E-state index in [1.54, 1.807) is 0 Å². The first-order chi connectivity index (χ1) is 8.79. The molecule has 2 rings (SSSR count). The van der Waals surface area contributed by atoms with Crippen LogP contribution in [-0.2, 0) is 0 Å². The number of nitrogens with two attached hydrogens (primary N) is 1. The van der Waals surface area contributed by atoms with E-state index in [2.05, 4.69) is 16.7 Å². The fourth-order valence-electron chi connectivity index (χ4n) is 3.46. The smallest absolute Gasteiger partial charge is 0.0235 e. The Morgan fingerprint density at radius 2 is 1.89 bits per heavy atom. The Bertz CT molecular complexity index is 226. The molecular formula is C15H31N3. The minimum Gasteiger partial charge on any atom is -0.328 e. The molecule has 106 valence electrons. The molecule has 0 bridgehead atoms. The van der Waals surface area contributed by atoms with Gasteiger partial charge in [-0.2, -0.15) is 0 Å². The van der Waals surface area contributed by atoms with Crippen molar-refractivity contribution in [2.24, 2.45) is 5.73 Å². The SMILES string of the molecule is CCCC(N)CCN1CCC(N2CCCCC2)C1. The summed E-state index contributed by atoms with van der Waals surface area (Å²) in [5.74, 6) is 0. The van der Waals surface area contributed by atoms with Crippen molar-refractivity contribution < 1.29 is 0 Å². The molecule has 0 spiro atoms. The summed E-state index contributed by atoms with van der Waals surface area (Å²) in [5, 5.41) is 0. The monoisotopic (exact) mass is 253 g/mol. The molecule has 2 heterocycles. The number of hydrogen-bond acceptors (Lipinski definition) is 3. The maximum absolute atomic E-state index is 6.10. The molecule has 0 radical (unpaired) electrons. The van der Waals surface area contributed by atoms with E-state index in [1.807, 2.05) is 0 Å². The van der Waals surface area contributed by atoms with Crippen LogP contribution in [0.25, 0.3) is 0 Å². The molecule has 0 aromatic rings. The normalized spacial score (nSPS) is 28.7. The van der Waals surface area contributed by atoms with E-state index >= 15 is 0 Å². The van der Waals surface area contributed by atoms with E-state index in [-0.39, 0.29) is 0 Å². The van der Waals surface area contributed by atoms with Gasteiger partial charge in [0.15, 0.2) is 0 Å². The molecule has 0 aliphatic carbocycles. The summed E-state index contributed by atoms with van der Waals surface area (Å²) in [6.45, 7) is 8.70. The lowest BCUT2D eigenvalue weighted by molar-refractivity contribution is 0.161. The number of hydrogen-bond donors (Lipinski definition) is 1. The van der Waals surface area contributed by atoms with Crippen LogP contribution in [0.2, 0.25) is 0 Å². The average molecular weight is 253 g/mol. The maximum Gasteiger partial charge on any atom is 0.0235 e. The third-order valence-electron chi connectivity index (χ3n) is 4.63. The predicted molar refractivity (Wildman–Crippen MR) is 77.8 cm³/mol. The van der Waals surface area contributed by atoms with Crippen molar-refractivity contribution in [1.29, 1.82) is 0 Å². The maximum atomic E-state index is 6.10. The summed E-state index contributed by atoms with van der Waals surface area (Å²) in [5.41, 5.74) is 6.10. The van der Waals surface area contributed by atoms with Crippen LogP contribution in [0.3, 0.4) is 0 Å². The van der Waals surface area contributed by atoms with Crippen molar-refractivity contribution in [2.45, 2.75) is 64.0 Å². The molecule has 2 unspecified atom stereocenters. The highest BCUT2D eigenvalue weighted by atomic mass is 15.3. The largest absolute Gasteiger partial charge is 0.328 e. The first kappa shape index (κ1) is 14.3. The van der Waals surface area contributed by atoms with Crippen molar-refractivity contribution in [3.8, 4) is 0 Å². The summed E-state index contributed by atoms with van der Waals surface area (Å²) in [6.07, 6.45) is 9.24. The number of likely N-dealkylation sites (tertiary alicyclic amines) is 2. The van der Waals surface area contributed by atoms with E-state index < -0.39 is 0 Å². The Hall–Kier alpha value is -0.120. The third-order valence-corrected chi connectivity index (χ3v) is 4.63. The average Bonchev–Trinajstić information content (AvgIpc) is 2.87. The highest BCUT2D eigenvalue weighted by molar-refractivity contribution is 4.85. The second-order valence-corrected chi connectivity index (χ2v) is 6.18. The molecule has 2 aliphatic rings. The van der Waals surface area contributed by atoms with Crippen molar-refractivity contribution in [3.63, 3.8) is 0 Å². The van der Waals surface area contributed by atoms with Crippen LogP contribution in [0.1, 0.15) is 51.9 Å². The Kier molecular flexibility index (Phi) is 5.93. The van der Waals surface area contributed by atoms with Gasteiger partial charge in [-0.3, -0.25) is 4.90 Å². The van der Waals surface area contributed by atoms with Crippen LogP contribution in [0.5, 0.6) is 0 Å². The first-order valence-electron chi connectivity index (χ1n) is 8.01. The third kappa shape index (κ3) is 4.22. The zero-order valence-corrected chi connectivity index (χ0v) is 12.1. The van der Waals surface area contributed by atoms with E-state index in [1.165, 1.54) is 77.7 Å². The van der Waals surface area contributed by atoms with Gasteiger partial charge in [0, 0.05) is 18.6 Å². The molecule has 2 atom stereocenters. The summed E-state index contributed by atoms with van der Waals surface area (Å²) in [6, 6.07) is 1.26. The fourth-order valence-corrected chi connectivity index (χ4v) is 3.46. The quantitative estimate of drug-likeness (QED) is 0.786. The molecule has 2 aliphatic heterocycles. The van der Waals surface area contributed by atoms with Gasteiger partial charge >= 0.3 is 0 Å². The highest BCUT2D eigenvalue weighted by Gasteiger charge is 2.28. The van der Waals surface area contributed by atoms with Gasteiger partial charge in [-0.25, -0.2) is 0 Å².